The van der Waals surface area contributed by atoms with Crippen LogP contribution in [0.5, 0.6) is 0 Å². The van der Waals surface area contributed by atoms with Gasteiger partial charge in [-0.3, -0.25) is 0 Å². The van der Waals surface area contributed by atoms with Gasteiger partial charge in [-0.2, -0.15) is 0 Å². The third kappa shape index (κ3) is 3.56. The molecule has 0 saturated heterocycles. The second kappa shape index (κ2) is 5.85. The average molecular weight is 323 g/mol. The molecule has 0 aliphatic carbocycles. The lowest BCUT2D eigenvalue weighted by Crippen LogP contribution is -1.90. The SMILES string of the molecule is Cc1nc(Br)cc(Sc2ccc(C(C)C)cc2)n1. The number of benzene rings is 1. The second-order valence-electron chi connectivity index (χ2n) is 4.40. The Morgan fingerprint density at radius 1 is 1.11 bits per heavy atom. The molecule has 2 nitrogen and oxygen atoms in total. The predicted octanol–water partition coefficient (Wildman–Crippen LogP) is 4.82. The first-order valence-electron chi connectivity index (χ1n) is 5.83. The molecule has 0 N–H and O–H groups in total. The van der Waals surface area contributed by atoms with E-state index in [4.69, 9.17) is 0 Å². The van der Waals surface area contributed by atoms with Crippen molar-refractivity contribution in [2.75, 3.05) is 0 Å². The van der Waals surface area contributed by atoms with E-state index in [9.17, 15) is 0 Å². The minimum absolute atomic E-state index is 0.569. The summed E-state index contributed by atoms with van der Waals surface area (Å²) in [5.74, 6) is 1.35. The van der Waals surface area contributed by atoms with Crippen molar-refractivity contribution in [3.8, 4) is 0 Å². The molecule has 94 valence electrons. The van der Waals surface area contributed by atoms with Gasteiger partial charge in [0.2, 0.25) is 0 Å². The van der Waals surface area contributed by atoms with Crippen LogP contribution in [0.1, 0.15) is 31.2 Å². The van der Waals surface area contributed by atoms with E-state index in [-0.39, 0.29) is 0 Å². The number of hydrogen-bond acceptors (Lipinski definition) is 3. The van der Waals surface area contributed by atoms with Gasteiger partial charge in [0.25, 0.3) is 0 Å². The standard InChI is InChI=1S/C14H15BrN2S/c1-9(2)11-4-6-12(7-5-11)18-14-8-13(15)16-10(3)17-14/h4-9H,1-3H3. The van der Waals surface area contributed by atoms with E-state index >= 15 is 0 Å². The Bertz CT molecular complexity index is 518. The second-order valence-corrected chi connectivity index (χ2v) is 6.31. The summed E-state index contributed by atoms with van der Waals surface area (Å²) in [6.07, 6.45) is 0. The summed E-state index contributed by atoms with van der Waals surface area (Å²) in [6.45, 7) is 6.30. The lowest BCUT2D eigenvalue weighted by atomic mass is 10.0. The van der Waals surface area contributed by atoms with Crippen molar-refractivity contribution in [3.63, 3.8) is 0 Å². The summed E-state index contributed by atoms with van der Waals surface area (Å²) in [4.78, 5) is 9.81. The maximum Gasteiger partial charge on any atom is 0.127 e. The zero-order valence-corrected chi connectivity index (χ0v) is 13.0. The lowest BCUT2D eigenvalue weighted by Gasteiger charge is -2.06. The normalized spacial score (nSPS) is 10.9. The van der Waals surface area contributed by atoms with Gasteiger partial charge >= 0.3 is 0 Å². The molecule has 0 atom stereocenters. The van der Waals surface area contributed by atoms with E-state index in [1.165, 1.54) is 10.5 Å². The quantitative estimate of drug-likeness (QED) is 0.757. The summed E-state index contributed by atoms with van der Waals surface area (Å²) in [7, 11) is 0. The Balaban J connectivity index is 2.18. The molecule has 18 heavy (non-hydrogen) atoms. The molecule has 4 heteroatoms. The highest BCUT2D eigenvalue weighted by molar-refractivity contribution is 9.10. The smallest absolute Gasteiger partial charge is 0.127 e. The van der Waals surface area contributed by atoms with Crippen LogP contribution in [0, 0.1) is 6.92 Å². The van der Waals surface area contributed by atoms with Crippen LogP contribution in [0.3, 0.4) is 0 Å². The number of aromatic nitrogens is 2. The van der Waals surface area contributed by atoms with Gasteiger partial charge < -0.3 is 0 Å². The fourth-order valence-electron chi connectivity index (χ4n) is 1.60. The van der Waals surface area contributed by atoms with Gasteiger partial charge in [0.1, 0.15) is 15.5 Å². The molecule has 0 aliphatic rings. The van der Waals surface area contributed by atoms with E-state index in [2.05, 4.69) is 64.0 Å². The van der Waals surface area contributed by atoms with E-state index in [0.717, 1.165) is 15.5 Å². The molecular formula is C14H15BrN2S. The number of nitrogens with zero attached hydrogens (tertiary/aromatic N) is 2. The number of hydrogen-bond donors (Lipinski definition) is 0. The molecule has 0 saturated carbocycles. The van der Waals surface area contributed by atoms with E-state index in [0.29, 0.717) is 5.92 Å². The minimum Gasteiger partial charge on any atom is -0.226 e. The molecule has 0 aliphatic heterocycles. The Kier molecular flexibility index (Phi) is 4.40. The molecule has 1 heterocycles. The van der Waals surface area contributed by atoms with Crippen molar-refractivity contribution in [1.82, 2.24) is 9.97 Å². The molecule has 1 aromatic heterocycles. The van der Waals surface area contributed by atoms with Crippen LogP contribution < -0.4 is 0 Å². The molecule has 2 aromatic rings. The first kappa shape index (κ1) is 13.6. The first-order chi connectivity index (χ1) is 8.54. The maximum absolute atomic E-state index is 4.41. The fourth-order valence-corrected chi connectivity index (χ4v) is 3.09. The summed E-state index contributed by atoms with van der Waals surface area (Å²) in [5, 5.41) is 0.965. The summed E-state index contributed by atoms with van der Waals surface area (Å²) < 4.78 is 0.830. The van der Waals surface area contributed by atoms with Gasteiger partial charge in [0, 0.05) is 11.0 Å². The number of rotatable bonds is 3. The molecule has 2 rings (SSSR count). The van der Waals surface area contributed by atoms with Gasteiger partial charge in [-0.15, -0.1) is 0 Å². The Hall–Kier alpha value is -0.870. The Morgan fingerprint density at radius 2 is 1.78 bits per heavy atom. The summed E-state index contributed by atoms with van der Waals surface area (Å²) in [6, 6.07) is 10.6. The number of halogens is 1. The zero-order chi connectivity index (χ0) is 13.1. The van der Waals surface area contributed by atoms with Gasteiger partial charge in [-0.1, -0.05) is 37.7 Å². The Labute approximate surface area is 120 Å². The van der Waals surface area contributed by atoms with Crippen molar-refractivity contribution in [2.45, 2.75) is 36.6 Å². The van der Waals surface area contributed by atoms with E-state index in [1.54, 1.807) is 11.8 Å². The molecule has 0 bridgehead atoms. The third-order valence-electron chi connectivity index (χ3n) is 2.55. The van der Waals surface area contributed by atoms with Crippen LogP contribution in [0.2, 0.25) is 0 Å². The van der Waals surface area contributed by atoms with Crippen LogP contribution in [-0.4, -0.2) is 9.97 Å². The van der Waals surface area contributed by atoms with Gasteiger partial charge in [0.15, 0.2) is 0 Å². The molecule has 1 aromatic carbocycles. The highest BCUT2D eigenvalue weighted by Gasteiger charge is 2.04. The van der Waals surface area contributed by atoms with Gasteiger partial charge in [-0.05, 0) is 46.5 Å². The summed E-state index contributed by atoms with van der Waals surface area (Å²) in [5.41, 5.74) is 1.36. The molecule has 0 spiro atoms. The maximum atomic E-state index is 4.41. The number of aryl methyl sites for hydroxylation is 1. The monoisotopic (exact) mass is 322 g/mol. The zero-order valence-electron chi connectivity index (χ0n) is 10.6. The van der Waals surface area contributed by atoms with Crippen molar-refractivity contribution in [3.05, 3.63) is 46.3 Å². The van der Waals surface area contributed by atoms with Gasteiger partial charge in [0.05, 0.1) is 0 Å². The molecular weight excluding hydrogens is 308 g/mol. The van der Waals surface area contributed by atoms with Crippen molar-refractivity contribution >= 4 is 27.7 Å². The Morgan fingerprint density at radius 3 is 2.33 bits per heavy atom. The van der Waals surface area contributed by atoms with Crippen LogP contribution >= 0.6 is 27.7 Å². The molecule has 0 radical (unpaired) electrons. The average Bonchev–Trinajstić information content (AvgIpc) is 2.28. The molecule has 0 fully saturated rings. The third-order valence-corrected chi connectivity index (χ3v) is 3.88. The largest absolute Gasteiger partial charge is 0.226 e. The van der Waals surface area contributed by atoms with Crippen LogP contribution in [0.15, 0.2) is 44.9 Å². The van der Waals surface area contributed by atoms with Crippen LogP contribution in [0.25, 0.3) is 0 Å². The van der Waals surface area contributed by atoms with E-state index < -0.39 is 0 Å². The lowest BCUT2D eigenvalue weighted by molar-refractivity contribution is 0.865. The van der Waals surface area contributed by atoms with Crippen LogP contribution in [0.4, 0.5) is 0 Å². The highest BCUT2D eigenvalue weighted by atomic mass is 79.9. The molecule has 0 unspecified atom stereocenters. The van der Waals surface area contributed by atoms with Crippen LogP contribution in [-0.2, 0) is 0 Å². The predicted molar refractivity (Wildman–Crippen MR) is 79.1 cm³/mol. The summed E-state index contributed by atoms with van der Waals surface area (Å²) >= 11 is 5.05. The highest BCUT2D eigenvalue weighted by Crippen LogP contribution is 2.28. The minimum atomic E-state index is 0.569. The van der Waals surface area contributed by atoms with E-state index in [1.807, 2.05) is 13.0 Å². The van der Waals surface area contributed by atoms with Crippen molar-refractivity contribution < 1.29 is 0 Å². The van der Waals surface area contributed by atoms with Gasteiger partial charge in [-0.25, -0.2) is 9.97 Å². The fraction of sp³-hybridized carbons (Fsp3) is 0.286. The first-order valence-corrected chi connectivity index (χ1v) is 7.44. The topological polar surface area (TPSA) is 25.8 Å². The molecule has 0 amide bonds. The van der Waals surface area contributed by atoms with Crippen molar-refractivity contribution in [2.24, 2.45) is 0 Å². The van der Waals surface area contributed by atoms with Crippen molar-refractivity contribution in [1.29, 1.82) is 0 Å².